The predicted octanol–water partition coefficient (Wildman–Crippen LogP) is 3.03. The quantitative estimate of drug-likeness (QED) is 0.768. The highest BCUT2D eigenvalue weighted by Crippen LogP contribution is 2.19. The fraction of sp³-hybridized carbons (Fsp3) is 0.467. The smallest absolute Gasteiger partial charge is 0.255 e. The van der Waals surface area contributed by atoms with Gasteiger partial charge in [0.05, 0.1) is 5.56 Å². The van der Waals surface area contributed by atoms with Crippen LogP contribution in [0.3, 0.4) is 0 Å². The summed E-state index contributed by atoms with van der Waals surface area (Å²) in [6.07, 6.45) is 1.65. The van der Waals surface area contributed by atoms with Crippen LogP contribution in [-0.2, 0) is 5.41 Å². The largest absolute Gasteiger partial charge is 0.338 e. The van der Waals surface area contributed by atoms with Crippen LogP contribution in [0, 0.1) is 0 Å². The normalized spacial score (nSPS) is 11.2. The van der Waals surface area contributed by atoms with Gasteiger partial charge in [-0.2, -0.15) is 0 Å². The Labute approximate surface area is 110 Å². The molecule has 0 saturated heterocycles. The van der Waals surface area contributed by atoms with E-state index in [1.807, 2.05) is 19.1 Å². The Hall–Kier alpha value is -1.64. The highest BCUT2D eigenvalue weighted by molar-refractivity contribution is 5.93. The zero-order chi connectivity index (χ0) is 13.9. The van der Waals surface area contributed by atoms with Crippen molar-refractivity contribution in [3.05, 3.63) is 41.7 Å². The molecule has 0 aliphatic rings. The lowest BCUT2D eigenvalue weighted by Gasteiger charge is -2.19. The first kappa shape index (κ1) is 14.4. The third-order valence-corrected chi connectivity index (χ3v) is 2.63. The minimum atomic E-state index is -0.0223. The lowest BCUT2D eigenvalue weighted by atomic mass is 9.91. The molecule has 0 aliphatic carbocycles. The van der Waals surface area contributed by atoms with E-state index in [1.165, 1.54) is 0 Å². The van der Waals surface area contributed by atoms with Gasteiger partial charge in [-0.05, 0) is 19.1 Å². The molecule has 3 heteroatoms. The zero-order valence-electron chi connectivity index (χ0n) is 11.9. The summed E-state index contributed by atoms with van der Waals surface area (Å²) in [5.74, 6) is -0.0223. The second-order valence-electron chi connectivity index (χ2n) is 5.80. The molecule has 0 unspecified atom stereocenters. The third-order valence-electron chi connectivity index (χ3n) is 2.63. The van der Waals surface area contributed by atoms with Crippen molar-refractivity contribution in [3.63, 3.8) is 0 Å². The summed E-state index contributed by atoms with van der Waals surface area (Å²) in [6, 6.07) is 3.76. The summed E-state index contributed by atoms with van der Waals surface area (Å²) in [7, 11) is 1.77. The van der Waals surface area contributed by atoms with Crippen LogP contribution in [-0.4, -0.2) is 29.4 Å². The molecule has 3 nitrogen and oxygen atoms in total. The van der Waals surface area contributed by atoms with Gasteiger partial charge < -0.3 is 4.90 Å². The fourth-order valence-corrected chi connectivity index (χ4v) is 1.66. The summed E-state index contributed by atoms with van der Waals surface area (Å²) in [5, 5.41) is 0. The van der Waals surface area contributed by atoms with Gasteiger partial charge in [0.25, 0.3) is 5.91 Å². The number of pyridine rings is 1. The van der Waals surface area contributed by atoms with Crippen LogP contribution in [0.25, 0.3) is 0 Å². The first-order chi connectivity index (χ1) is 8.21. The molecule has 0 bridgehead atoms. The van der Waals surface area contributed by atoms with E-state index < -0.39 is 0 Å². The number of carbonyl (C=O) groups excluding carboxylic acids is 1. The Morgan fingerprint density at radius 2 is 2.00 bits per heavy atom. The monoisotopic (exact) mass is 246 g/mol. The van der Waals surface area contributed by atoms with E-state index in [0.717, 1.165) is 11.3 Å². The van der Waals surface area contributed by atoms with Crippen LogP contribution in [0.1, 0.15) is 43.7 Å². The number of hydrogen-bond acceptors (Lipinski definition) is 2. The third kappa shape index (κ3) is 3.69. The van der Waals surface area contributed by atoms with Crippen LogP contribution >= 0.6 is 0 Å². The van der Waals surface area contributed by atoms with Gasteiger partial charge >= 0.3 is 0 Å². The molecule has 18 heavy (non-hydrogen) atoms. The van der Waals surface area contributed by atoms with Crippen LogP contribution in [0.4, 0.5) is 0 Å². The summed E-state index contributed by atoms with van der Waals surface area (Å²) >= 11 is 0. The van der Waals surface area contributed by atoms with Gasteiger partial charge in [-0.3, -0.25) is 9.78 Å². The minimum absolute atomic E-state index is 0.00514. The Kier molecular flexibility index (Phi) is 4.28. The molecule has 1 rings (SSSR count). The number of aromatic nitrogens is 1. The van der Waals surface area contributed by atoms with Crippen molar-refractivity contribution in [2.75, 3.05) is 13.6 Å². The van der Waals surface area contributed by atoms with Crippen LogP contribution in [0.5, 0.6) is 0 Å². The number of nitrogens with zero attached hydrogens (tertiary/aromatic N) is 2. The molecular weight excluding hydrogens is 224 g/mol. The van der Waals surface area contributed by atoms with Gasteiger partial charge in [-0.1, -0.05) is 32.9 Å². The van der Waals surface area contributed by atoms with Gasteiger partial charge in [0.15, 0.2) is 0 Å². The maximum Gasteiger partial charge on any atom is 0.255 e. The van der Waals surface area contributed by atoms with Crippen LogP contribution in [0.15, 0.2) is 30.5 Å². The zero-order valence-corrected chi connectivity index (χ0v) is 11.9. The average Bonchev–Trinajstić information content (AvgIpc) is 2.26. The molecule has 1 aromatic rings. The molecule has 0 spiro atoms. The average molecular weight is 246 g/mol. The summed E-state index contributed by atoms with van der Waals surface area (Å²) in [4.78, 5) is 18.1. The Bertz CT molecular complexity index is 441. The van der Waals surface area contributed by atoms with E-state index >= 15 is 0 Å². The first-order valence-corrected chi connectivity index (χ1v) is 6.08. The van der Waals surface area contributed by atoms with Crippen molar-refractivity contribution in [2.24, 2.45) is 0 Å². The van der Waals surface area contributed by atoms with Crippen molar-refractivity contribution in [1.82, 2.24) is 9.88 Å². The number of carbonyl (C=O) groups is 1. The maximum atomic E-state index is 12.1. The second kappa shape index (κ2) is 5.34. The Morgan fingerprint density at radius 1 is 1.39 bits per heavy atom. The summed E-state index contributed by atoms with van der Waals surface area (Å²) in [5.41, 5.74) is 2.57. The van der Waals surface area contributed by atoms with E-state index in [2.05, 4.69) is 32.3 Å². The van der Waals surface area contributed by atoms with E-state index in [9.17, 15) is 4.79 Å². The topological polar surface area (TPSA) is 33.2 Å². The number of hydrogen-bond donors (Lipinski definition) is 0. The predicted molar refractivity (Wildman–Crippen MR) is 74.7 cm³/mol. The van der Waals surface area contributed by atoms with Crippen LogP contribution in [0.2, 0.25) is 0 Å². The van der Waals surface area contributed by atoms with Crippen molar-refractivity contribution in [1.29, 1.82) is 0 Å². The summed E-state index contributed by atoms with van der Waals surface area (Å²) in [6.45, 7) is 12.6. The highest BCUT2D eigenvalue weighted by atomic mass is 16.2. The minimum Gasteiger partial charge on any atom is -0.338 e. The number of likely N-dealkylation sites (N-methyl/N-ethyl adjacent to an activating group) is 1. The van der Waals surface area contributed by atoms with Crippen molar-refractivity contribution >= 4 is 5.91 Å². The van der Waals surface area contributed by atoms with Gasteiger partial charge in [0.2, 0.25) is 0 Å². The van der Waals surface area contributed by atoms with Gasteiger partial charge in [-0.25, -0.2) is 0 Å². The lowest BCUT2D eigenvalue weighted by Crippen LogP contribution is -2.28. The second-order valence-corrected chi connectivity index (χ2v) is 5.80. The Morgan fingerprint density at radius 3 is 2.39 bits per heavy atom. The standard InChI is InChI=1S/C15H22N2O/c1-11(2)10-17(6)14(18)12-7-8-13(16-9-12)15(3,4)5/h7-9H,1,10H2,2-6H3. The van der Waals surface area contributed by atoms with Gasteiger partial charge in [0, 0.05) is 30.9 Å². The molecule has 0 aromatic carbocycles. The molecule has 0 radical (unpaired) electrons. The molecule has 1 amide bonds. The van der Waals surface area contributed by atoms with E-state index in [-0.39, 0.29) is 11.3 Å². The molecule has 0 atom stereocenters. The Balaban J connectivity index is 2.85. The molecule has 1 aromatic heterocycles. The fourth-order valence-electron chi connectivity index (χ4n) is 1.66. The van der Waals surface area contributed by atoms with E-state index in [0.29, 0.717) is 12.1 Å². The number of rotatable bonds is 3. The van der Waals surface area contributed by atoms with Gasteiger partial charge in [-0.15, -0.1) is 0 Å². The van der Waals surface area contributed by atoms with Crippen LogP contribution < -0.4 is 0 Å². The van der Waals surface area contributed by atoms with Crippen molar-refractivity contribution in [3.8, 4) is 0 Å². The molecule has 1 heterocycles. The molecule has 0 fully saturated rings. The molecule has 98 valence electrons. The number of amides is 1. The molecule has 0 N–H and O–H groups in total. The van der Waals surface area contributed by atoms with Crippen molar-refractivity contribution in [2.45, 2.75) is 33.1 Å². The first-order valence-electron chi connectivity index (χ1n) is 6.08. The van der Waals surface area contributed by atoms with E-state index in [1.54, 1.807) is 18.1 Å². The lowest BCUT2D eigenvalue weighted by molar-refractivity contribution is 0.0806. The van der Waals surface area contributed by atoms with Gasteiger partial charge in [0.1, 0.15) is 0 Å². The van der Waals surface area contributed by atoms with E-state index in [4.69, 9.17) is 0 Å². The highest BCUT2D eigenvalue weighted by Gasteiger charge is 2.17. The summed E-state index contributed by atoms with van der Waals surface area (Å²) < 4.78 is 0. The molecule has 0 saturated carbocycles. The molecule has 0 aliphatic heterocycles. The molecular formula is C15H22N2O. The SMILES string of the molecule is C=C(C)CN(C)C(=O)c1ccc(C(C)(C)C)nc1. The van der Waals surface area contributed by atoms with Crippen molar-refractivity contribution < 1.29 is 4.79 Å². The maximum absolute atomic E-state index is 12.1.